The standard InChI is InChI=1S/C13H15ClFN3O/c14-11(15)13(19)17-7-9-3-1-5-16-12(9)18-6-2-4-10(18)8-17/h1,3,5,10-11H,2,4,6-8H2/t10-,11?/m0/s1. The first kappa shape index (κ1) is 12.7. The Morgan fingerprint density at radius 2 is 2.42 bits per heavy atom. The van der Waals surface area contributed by atoms with Crippen molar-refractivity contribution in [3.05, 3.63) is 23.9 Å². The van der Waals surface area contributed by atoms with Crippen LogP contribution in [0.4, 0.5) is 10.2 Å². The van der Waals surface area contributed by atoms with Crippen LogP contribution in [-0.2, 0) is 11.3 Å². The van der Waals surface area contributed by atoms with Gasteiger partial charge in [-0.15, -0.1) is 0 Å². The van der Waals surface area contributed by atoms with Crippen molar-refractivity contribution in [1.29, 1.82) is 0 Å². The lowest BCUT2D eigenvalue weighted by Gasteiger charge is -2.26. The van der Waals surface area contributed by atoms with Crippen LogP contribution in [0.1, 0.15) is 18.4 Å². The number of pyridine rings is 1. The molecule has 1 fully saturated rings. The molecule has 0 aromatic carbocycles. The lowest BCUT2D eigenvalue weighted by molar-refractivity contribution is -0.134. The molecule has 1 aromatic heterocycles. The molecule has 2 aliphatic heterocycles. The number of hydrogen-bond donors (Lipinski definition) is 0. The second-order valence-corrected chi connectivity index (χ2v) is 5.38. The van der Waals surface area contributed by atoms with E-state index < -0.39 is 11.5 Å². The zero-order chi connectivity index (χ0) is 13.4. The van der Waals surface area contributed by atoms with Crippen LogP contribution < -0.4 is 4.90 Å². The van der Waals surface area contributed by atoms with Gasteiger partial charge in [0.05, 0.1) is 0 Å². The molecule has 1 unspecified atom stereocenters. The number of hydrogen-bond acceptors (Lipinski definition) is 3. The molecule has 2 atom stereocenters. The number of carbonyl (C=O) groups is 1. The SMILES string of the molecule is O=C(C(F)Cl)N1Cc2cccnc2N2CCC[C@H]2C1. The molecule has 0 spiro atoms. The van der Waals surface area contributed by atoms with Gasteiger partial charge in [0.2, 0.25) is 0 Å². The summed E-state index contributed by atoms with van der Waals surface area (Å²) in [6, 6.07) is 3.99. The summed E-state index contributed by atoms with van der Waals surface area (Å²) in [4.78, 5) is 20.0. The van der Waals surface area contributed by atoms with E-state index in [2.05, 4.69) is 9.88 Å². The van der Waals surface area contributed by atoms with Gasteiger partial charge in [-0.1, -0.05) is 17.7 Å². The quantitative estimate of drug-likeness (QED) is 0.739. The van der Waals surface area contributed by atoms with E-state index in [9.17, 15) is 9.18 Å². The second kappa shape index (κ2) is 4.96. The summed E-state index contributed by atoms with van der Waals surface area (Å²) in [5, 5.41) is 0. The summed E-state index contributed by atoms with van der Waals surface area (Å²) < 4.78 is 13.1. The van der Waals surface area contributed by atoms with Gasteiger partial charge < -0.3 is 9.80 Å². The predicted octanol–water partition coefficient (Wildman–Crippen LogP) is 1.93. The van der Waals surface area contributed by atoms with Gasteiger partial charge >= 0.3 is 0 Å². The molecule has 1 amide bonds. The Morgan fingerprint density at radius 3 is 3.21 bits per heavy atom. The van der Waals surface area contributed by atoms with Crippen molar-refractivity contribution in [1.82, 2.24) is 9.88 Å². The highest BCUT2D eigenvalue weighted by molar-refractivity contribution is 6.29. The van der Waals surface area contributed by atoms with E-state index in [1.807, 2.05) is 12.1 Å². The molecule has 19 heavy (non-hydrogen) atoms. The minimum atomic E-state index is -1.96. The number of rotatable bonds is 1. The Balaban J connectivity index is 1.96. The largest absolute Gasteiger partial charge is 0.352 e. The molecule has 0 radical (unpaired) electrons. The summed E-state index contributed by atoms with van der Waals surface area (Å²) in [6.45, 7) is 1.83. The summed E-state index contributed by atoms with van der Waals surface area (Å²) >= 11 is 5.30. The molecule has 6 heteroatoms. The smallest absolute Gasteiger partial charge is 0.273 e. The maximum Gasteiger partial charge on any atom is 0.273 e. The number of alkyl halides is 2. The van der Waals surface area contributed by atoms with Crippen LogP contribution in [0.25, 0.3) is 0 Å². The number of amides is 1. The number of carbonyl (C=O) groups excluding carboxylic acids is 1. The highest BCUT2D eigenvalue weighted by atomic mass is 35.5. The summed E-state index contributed by atoms with van der Waals surface area (Å²) in [5.74, 6) is 0.274. The Kier molecular flexibility index (Phi) is 3.31. The van der Waals surface area contributed by atoms with Gasteiger partial charge in [-0.3, -0.25) is 4.79 Å². The Hall–Kier alpha value is -1.36. The van der Waals surface area contributed by atoms with Crippen molar-refractivity contribution in [2.45, 2.75) is 31.1 Å². The first-order valence-corrected chi connectivity index (χ1v) is 6.88. The minimum absolute atomic E-state index is 0.218. The summed E-state index contributed by atoms with van der Waals surface area (Å²) in [6.07, 6.45) is 3.83. The van der Waals surface area contributed by atoms with Crippen LogP contribution in [0.5, 0.6) is 0 Å². The fourth-order valence-electron chi connectivity index (χ4n) is 2.95. The second-order valence-electron chi connectivity index (χ2n) is 5.00. The fraction of sp³-hybridized carbons (Fsp3) is 0.538. The normalized spacial score (nSPS) is 23.6. The number of fused-ring (bicyclic) bond motifs is 3. The number of aromatic nitrogens is 1. The van der Waals surface area contributed by atoms with Crippen molar-refractivity contribution >= 4 is 23.3 Å². The molecular formula is C13H15ClFN3O. The van der Waals surface area contributed by atoms with E-state index in [1.54, 1.807) is 6.20 Å². The molecule has 1 aromatic rings. The zero-order valence-electron chi connectivity index (χ0n) is 10.4. The maximum atomic E-state index is 13.1. The van der Waals surface area contributed by atoms with E-state index in [0.717, 1.165) is 30.8 Å². The van der Waals surface area contributed by atoms with E-state index >= 15 is 0 Å². The molecule has 0 aliphatic carbocycles. The topological polar surface area (TPSA) is 36.4 Å². The Morgan fingerprint density at radius 1 is 1.58 bits per heavy atom. The van der Waals surface area contributed by atoms with Gasteiger partial charge in [-0.2, -0.15) is 0 Å². The molecule has 4 nitrogen and oxygen atoms in total. The minimum Gasteiger partial charge on any atom is -0.352 e. The Bertz CT molecular complexity index is 497. The van der Waals surface area contributed by atoms with Gasteiger partial charge in [0.25, 0.3) is 11.5 Å². The Labute approximate surface area is 116 Å². The predicted molar refractivity (Wildman–Crippen MR) is 70.8 cm³/mol. The molecule has 3 rings (SSSR count). The average Bonchev–Trinajstić information content (AvgIpc) is 2.80. The molecular weight excluding hydrogens is 269 g/mol. The van der Waals surface area contributed by atoms with Crippen molar-refractivity contribution in [2.75, 3.05) is 18.0 Å². The van der Waals surface area contributed by atoms with E-state index in [0.29, 0.717) is 13.1 Å². The number of anilines is 1. The molecule has 3 heterocycles. The highest BCUT2D eigenvalue weighted by Gasteiger charge is 2.35. The van der Waals surface area contributed by atoms with E-state index in [4.69, 9.17) is 11.6 Å². The maximum absolute atomic E-state index is 13.1. The summed E-state index contributed by atoms with van der Waals surface area (Å²) in [7, 11) is 0. The van der Waals surface area contributed by atoms with Crippen molar-refractivity contribution < 1.29 is 9.18 Å². The first-order chi connectivity index (χ1) is 9.16. The molecule has 0 N–H and O–H groups in total. The van der Waals surface area contributed by atoms with E-state index in [-0.39, 0.29) is 6.04 Å². The average molecular weight is 284 g/mol. The first-order valence-electron chi connectivity index (χ1n) is 6.44. The van der Waals surface area contributed by atoms with Gasteiger partial charge in [0.1, 0.15) is 5.82 Å². The van der Waals surface area contributed by atoms with Crippen LogP contribution >= 0.6 is 11.6 Å². The van der Waals surface area contributed by atoms with Crippen LogP contribution in [0.3, 0.4) is 0 Å². The van der Waals surface area contributed by atoms with Crippen LogP contribution in [-0.4, -0.2) is 40.6 Å². The van der Waals surface area contributed by atoms with Gasteiger partial charge in [-0.05, 0) is 18.9 Å². The molecule has 1 saturated heterocycles. The molecule has 0 bridgehead atoms. The third-order valence-corrected chi connectivity index (χ3v) is 3.99. The zero-order valence-corrected chi connectivity index (χ0v) is 11.2. The number of nitrogens with zero attached hydrogens (tertiary/aromatic N) is 3. The third-order valence-electron chi connectivity index (χ3n) is 3.81. The van der Waals surface area contributed by atoms with Crippen molar-refractivity contribution in [3.8, 4) is 0 Å². The lowest BCUT2D eigenvalue weighted by atomic mass is 10.2. The summed E-state index contributed by atoms with van der Waals surface area (Å²) in [5.41, 5.74) is -1.01. The number of halogens is 2. The van der Waals surface area contributed by atoms with Crippen molar-refractivity contribution in [3.63, 3.8) is 0 Å². The highest BCUT2D eigenvalue weighted by Crippen LogP contribution is 2.31. The molecule has 0 saturated carbocycles. The molecule has 102 valence electrons. The third kappa shape index (κ3) is 2.27. The fourth-order valence-corrected chi connectivity index (χ4v) is 3.09. The van der Waals surface area contributed by atoms with Gasteiger partial charge in [0, 0.05) is 37.4 Å². The molecule has 2 aliphatic rings. The van der Waals surface area contributed by atoms with Crippen LogP contribution in [0.2, 0.25) is 0 Å². The van der Waals surface area contributed by atoms with Crippen LogP contribution in [0, 0.1) is 0 Å². The van der Waals surface area contributed by atoms with Crippen LogP contribution in [0.15, 0.2) is 18.3 Å². The lowest BCUT2D eigenvalue weighted by Crippen LogP contribution is -2.42. The van der Waals surface area contributed by atoms with Gasteiger partial charge in [-0.25, -0.2) is 9.37 Å². The monoisotopic (exact) mass is 283 g/mol. The van der Waals surface area contributed by atoms with E-state index in [1.165, 1.54) is 4.90 Å². The van der Waals surface area contributed by atoms with Gasteiger partial charge in [0.15, 0.2) is 0 Å². The van der Waals surface area contributed by atoms with Crippen molar-refractivity contribution in [2.24, 2.45) is 0 Å².